The first-order valence-electron chi connectivity index (χ1n) is 10.4. The van der Waals surface area contributed by atoms with Gasteiger partial charge in [-0.25, -0.2) is 9.07 Å². The van der Waals surface area contributed by atoms with E-state index in [4.69, 9.17) is 16.3 Å². The summed E-state index contributed by atoms with van der Waals surface area (Å²) in [5.41, 5.74) is 3.01. The number of ether oxygens (including phenoxy) is 1. The summed E-state index contributed by atoms with van der Waals surface area (Å²) in [6, 6.07) is 20.1. The number of fused-ring (bicyclic) bond motifs is 1. The lowest BCUT2D eigenvalue weighted by Gasteiger charge is -2.24. The highest BCUT2D eigenvalue weighted by Gasteiger charge is 2.26. The molecule has 3 aromatic carbocycles. The van der Waals surface area contributed by atoms with Crippen molar-refractivity contribution >= 4 is 47.5 Å². The lowest BCUT2D eigenvalue weighted by atomic mass is 10.0. The zero-order chi connectivity index (χ0) is 23.7. The van der Waals surface area contributed by atoms with Crippen LogP contribution in [0.15, 0.2) is 78.9 Å². The number of aromatic nitrogens is 3. The zero-order valence-electron chi connectivity index (χ0n) is 18.4. The number of amides is 1. The minimum Gasteiger partial charge on any atom is -0.497 e. The van der Waals surface area contributed by atoms with E-state index in [1.165, 1.54) is 24.3 Å². The van der Waals surface area contributed by atoms with E-state index in [0.717, 1.165) is 22.6 Å². The van der Waals surface area contributed by atoms with E-state index in [-0.39, 0.29) is 24.4 Å². The fourth-order valence-corrected chi connectivity index (χ4v) is 3.78. The third-order valence-electron chi connectivity index (χ3n) is 5.41. The second-order valence-electron chi connectivity index (χ2n) is 7.59. The highest BCUT2D eigenvalue weighted by atomic mass is 35.5. The molecule has 0 aliphatic carbocycles. The average molecular weight is 512 g/mol. The van der Waals surface area contributed by atoms with Crippen LogP contribution >= 0.6 is 24.0 Å². The Morgan fingerprint density at radius 2 is 1.74 bits per heavy atom. The van der Waals surface area contributed by atoms with Crippen LogP contribution in [0.5, 0.6) is 5.75 Å². The molecule has 2 heterocycles. The Labute approximate surface area is 212 Å². The van der Waals surface area contributed by atoms with Crippen molar-refractivity contribution in [3.8, 4) is 5.75 Å². The molecule has 0 bridgehead atoms. The standard InChI is InChI=1S/C25H19ClFN5O2.ClH/c1-34-20-12-6-16(7-13-20)22-14-21(15-2-8-18(26)9-3-15)28-25-30-24(31-32(22)25)29-23(33)17-4-10-19(27)11-5-17;/h2-14,22H,1H3,(H2,28,29,30,31,33);1H. The van der Waals surface area contributed by atoms with Gasteiger partial charge in [-0.15, -0.1) is 17.5 Å². The van der Waals surface area contributed by atoms with Gasteiger partial charge in [0.2, 0.25) is 5.95 Å². The van der Waals surface area contributed by atoms with E-state index >= 15 is 0 Å². The van der Waals surface area contributed by atoms with Crippen molar-refractivity contribution in [1.29, 1.82) is 0 Å². The maximum absolute atomic E-state index is 13.2. The number of hydrogen-bond donors (Lipinski definition) is 2. The summed E-state index contributed by atoms with van der Waals surface area (Å²) in [4.78, 5) is 17.1. The van der Waals surface area contributed by atoms with Crippen molar-refractivity contribution in [3.63, 3.8) is 0 Å². The molecule has 5 rings (SSSR count). The van der Waals surface area contributed by atoms with Crippen LogP contribution in [-0.2, 0) is 0 Å². The molecular weight excluding hydrogens is 492 g/mol. The number of nitrogens with one attached hydrogen (secondary N) is 2. The largest absolute Gasteiger partial charge is 0.497 e. The molecule has 0 saturated heterocycles. The number of benzene rings is 3. The van der Waals surface area contributed by atoms with Gasteiger partial charge in [-0.2, -0.15) is 4.98 Å². The number of allylic oxidation sites excluding steroid dienone is 1. The second kappa shape index (κ2) is 10.2. The summed E-state index contributed by atoms with van der Waals surface area (Å²) >= 11 is 6.06. The third kappa shape index (κ3) is 5.13. The van der Waals surface area contributed by atoms with Gasteiger partial charge in [0.15, 0.2) is 0 Å². The van der Waals surface area contributed by atoms with Crippen LogP contribution in [0.25, 0.3) is 5.70 Å². The second-order valence-corrected chi connectivity index (χ2v) is 8.03. The van der Waals surface area contributed by atoms with Crippen molar-refractivity contribution in [2.45, 2.75) is 6.04 Å². The van der Waals surface area contributed by atoms with Gasteiger partial charge in [0.1, 0.15) is 17.6 Å². The molecule has 1 aliphatic heterocycles. The molecule has 2 N–H and O–H groups in total. The highest BCUT2D eigenvalue weighted by Crippen LogP contribution is 2.34. The van der Waals surface area contributed by atoms with Crippen LogP contribution in [0.1, 0.15) is 27.5 Å². The quantitative estimate of drug-likeness (QED) is 0.353. The predicted octanol–water partition coefficient (Wildman–Crippen LogP) is 5.81. The van der Waals surface area contributed by atoms with Gasteiger partial charge in [0, 0.05) is 16.3 Å². The van der Waals surface area contributed by atoms with Gasteiger partial charge >= 0.3 is 0 Å². The molecule has 0 fully saturated rings. The van der Waals surface area contributed by atoms with Gasteiger partial charge in [-0.1, -0.05) is 35.9 Å². The monoisotopic (exact) mass is 511 g/mol. The normalized spacial score (nSPS) is 14.1. The van der Waals surface area contributed by atoms with Crippen molar-refractivity contribution in [3.05, 3.63) is 106 Å². The van der Waals surface area contributed by atoms with Crippen LogP contribution < -0.4 is 15.4 Å². The molecular formula is C25H20Cl2FN5O2. The third-order valence-corrected chi connectivity index (χ3v) is 5.66. The molecule has 0 spiro atoms. The molecule has 1 amide bonds. The molecule has 4 aromatic rings. The van der Waals surface area contributed by atoms with Crippen LogP contribution in [-0.4, -0.2) is 27.8 Å². The summed E-state index contributed by atoms with van der Waals surface area (Å²) in [5.74, 6) is 0.476. The summed E-state index contributed by atoms with van der Waals surface area (Å²) in [7, 11) is 1.61. The molecule has 1 aliphatic rings. The Bertz CT molecular complexity index is 1370. The van der Waals surface area contributed by atoms with E-state index in [1.54, 1.807) is 11.8 Å². The minimum atomic E-state index is -0.435. The molecule has 0 radical (unpaired) electrons. The predicted molar refractivity (Wildman–Crippen MR) is 136 cm³/mol. The van der Waals surface area contributed by atoms with Crippen molar-refractivity contribution < 1.29 is 13.9 Å². The number of hydrogen-bond acceptors (Lipinski definition) is 5. The lowest BCUT2D eigenvalue weighted by Crippen LogP contribution is -2.20. The molecule has 178 valence electrons. The molecule has 7 nitrogen and oxygen atoms in total. The van der Waals surface area contributed by atoms with E-state index in [1.807, 2.05) is 54.6 Å². The summed E-state index contributed by atoms with van der Waals surface area (Å²) in [6.07, 6.45) is 2.03. The van der Waals surface area contributed by atoms with Crippen LogP contribution in [0.4, 0.5) is 16.3 Å². The van der Waals surface area contributed by atoms with Gasteiger partial charge in [-0.05, 0) is 65.7 Å². The Kier molecular flexibility index (Phi) is 7.04. The Morgan fingerprint density at radius 3 is 2.40 bits per heavy atom. The van der Waals surface area contributed by atoms with Crippen LogP contribution in [0, 0.1) is 5.82 Å². The Balaban J connectivity index is 0.00000289. The van der Waals surface area contributed by atoms with Gasteiger partial charge in [0.25, 0.3) is 11.9 Å². The summed E-state index contributed by atoms with van der Waals surface area (Å²) in [6.45, 7) is 0. The number of rotatable bonds is 5. The van der Waals surface area contributed by atoms with Crippen LogP contribution in [0.3, 0.4) is 0 Å². The van der Waals surface area contributed by atoms with E-state index in [9.17, 15) is 9.18 Å². The fraction of sp³-hybridized carbons (Fsp3) is 0.0800. The maximum atomic E-state index is 13.2. The number of halogens is 3. The van der Waals surface area contributed by atoms with E-state index < -0.39 is 11.7 Å². The molecule has 0 saturated carbocycles. The van der Waals surface area contributed by atoms with Gasteiger partial charge < -0.3 is 10.1 Å². The first kappa shape index (κ1) is 24.3. The molecule has 10 heteroatoms. The lowest BCUT2D eigenvalue weighted by molar-refractivity contribution is 0.102. The molecule has 1 unspecified atom stereocenters. The SMILES string of the molecule is COc1ccc(C2C=C(c3ccc(Cl)cc3)Nc3nc(NC(=O)c4ccc(F)cc4)nn32)cc1.Cl. The number of nitrogens with zero attached hydrogens (tertiary/aromatic N) is 3. The number of carbonyl (C=O) groups excluding carboxylic acids is 1. The summed E-state index contributed by atoms with van der Waals surface area (Å²) < 4.78 is 20.2. The minimum absolute atomic E-state index is 0. The topological polar surface area (TPSA) is 81.1 Å². The maximum Gasteiger partial charge on any atom is 0.258 e. The molecule has 35 heavy (non-hydrogen) atoms. The van der Waals surface area contributed by atoms with Crippen LogP contribution in [0.2, 0.25) is 5.02 Å². The van der Waals surface area contributed by atoms with Crippen molar-refractivity contribution in [2.24, 2.45) is 0 Å². The first-order chi connectivity index (χ1) is 16.5. The molecule has 1 atom stereocenters. The number of methoxy groups -OCH3 is 1. The molecule has 1 aromatic heterocycles. The Morgan fingerprint density at radius 1 is 1.06 bits per heavy atom. The fourth-order valence-electron chi connectivity index (χ4n) is 3.66. The Hall–Kier alpha value is -3.88. The number of carbonyl (C=O) groups is 1. The van der Waals surface area contributed by atoms with Gasteiger partial charge in [-0.3, -0.25) is 10.1 Å². The van der Waals surface area contributed by atoms with Crippen molar-refractivity contribution in [1.82, 2.24) is 14.8 Å². The first-order valence-corrected chi connectivity index (χ1v) is 10.8. The summed E-state index contributed by atoms with van der Waals surface area (Å²) in [5, 5.41) is 11.1. The van der Waals surface area contributed by atoms with E-state index in [0.29, 0.717) is 16.5 Å². The number of anilines is 2. The smallest absolute Gasteiger partial charge is 0.258 e. The van der Waals surface area contributed by atoms with E-state index in [2.05, 4.69) is 20.7 Å². The highest BCUT2D eigenvalue weighted by molar-refractivity contribution is 6.30. The van der Waals surface area contributed by atoms with Crippen molar-refractivity contribution in [2.75, 3.05) is 17.7 Å². The average Bonchev–Trinajstić information content (AvgIpc) is 3.26. The van der Waals surface area contributed by atoms with Gasteiger partial charge in [0.05, 0.1) is 7.11 Å². The zero-order valence-corrected chi connectivity index (χ0v) is 20.0.